The van der Waals surface area contributed by atoms with E-state index in [9.17, 15) is 4.79 Å². The number of hydrogen-bond acceptors (Lipinski definition) is 2. The van der Waals surface area contributed by atoms with Gasteiger partial charge >= 0.3 is 0 Å². The smallest absolute Gasteiger partial charge is 0.212 e. The van der Waals surface area contributed by atoms with Gasteiger partial charge in [-0.25, -0.2) is 0 Å². The van der Waals surface area contributed by atoms with E-state index in [0.717, 1.165) is 0 Å². The largest absolute Gasteiger partial charge is 0.330 e. The summed E-state index contributed by atoms with van der Waals surface area (Å²) in [5, 5.41) is 0. The molecule has 0 aliphatic rings. The van der Waals surface area contributed by atoms with Crippen LogP contribution in [0.1, 0.15) is 6.42 Å². The quantitative estimate of drug-likeness (QED) is 0.473. The molecule has 0 aromatic carbocycles. The molecule has 3 heteroatoms. The van der Waals surface area contributed by atoms with Gasteiger partial charge in [-0.05, 0) is 12.6 Å². The predicted octanol–water partition coefficient (Wildman–Crippen LogP) is 0.165. The standard InChI is InChI=1S/C9H19N2O/c1-5-9(12)8(6-7-10)11(2,3)4/h5,8H,1,6-7,10H2,2-4H3/q+1. The third kappa shape index (κ3) is 3.15. The first kappa shape index (κ1) is 11.3. The highest BCUT2D eigenvalue weighted by Crippen LogP contribution is 2.08. The predicted molar refractivity (Wildman–Crippen MR) is 50.7 cm³/mol. The van der Waals surface area contributed by atoms with Crippen molar-refractivity contribution in [3.8, 4) is 0 Å². The van der Waals surface area contributed by atoms with Crippen LogP contribution in [0.25, 0.3) is 0 Å². The number of carbonyl (C=O) groups is 1. The molecule has 0 aromatic heterocycles. The maximum atomic E-state index is 11.4. The summed E-state index contributed by atoms with van der Waals surface area (Å²) < 4.78 is 0.613. The van der Waals surface area contributed by atoms with E-state index >= 15 is 0 Å². The second kappa shape index (κ2) is 4.38. The van der Waals surface area contributed by atoms with Gasteiger partial charge in [0.15, 0.2) is 6.04 Å². The van der Waals surface area contributed by atoms with Crippen LogP contribution in [0, 0.1) is 0 Å². The summed E-state index contributed by atoms with van der Waals surface area (Å²) in [4.78, 5) is 11.4. The fourth-order valence-electron chi connectivity index (χ4n) is 1.21. The third-order valence-corrected chi connectivity index (χ3v) is 1.90. The molecule has 12 heavy (non-hydrogen) atoms. The molecule has 0 aliphatic carbocycles. The number of quaternary nitrogens is 1. The van der Waals surface area contributed by atoms with Gasteiger partial charge in [-0.1, -0.05) is 6.58 Å². The lowest BCUT2D eigenvalue weighted by Gasteiger charge is -2.32. The van der Waals surface area contributed by atoms with Crippen LogP contribution in [-0.2, 0) is 4.79 Å². The summed E-state index contributed by atoms with van der Waals surface area (Å²) in [6.07, 6.45) is 2.10. The Labute approximate surface area is 74.4 Å². The van der Waals surface area contributed by atoms with E-state index in [1.807, 2.05) is 21.1 Å². The van der Waals surface area contributed by atoms with Gasteiger partial charge in [0.05, 0.1) is 21.1 Å². The van der Waals surface area contributed by atoms with Crippen molar-refractivity contribution >= 4 is 5.78 Å². The Hall–Kier alpha value is -0.670. The Bertz CT molecular complexity index is 170. The molecule has 0 aromatic rings. The van der Waals surface area contributed by atoms with E-state index in [-0.39, 0.29) is 11.8 Å². The lowest BCUT2D eigenvalue weighted by atomic mass is 10.1. The highest BCUT2D eigenvalue weighted by molar-refractivity contribution is 5.92. The molecule has 0 heterocycles. The fraction of sp³-hybridized carbons (Fsp3) is 0.667. The van der Waals surface area contributed by atoms with Gasteiger partial charge in [-0.3, -0.25) is 4.79 Å². The summed E-state index contributed by atoms with van der Waals surface area (Å²) >= 11 is 0. The van der Waals surface area contributed by atoms with Crippen molar-refractivity contribution in [2.75, 3.05) is 27.7 Å². The Morgan fingerprint density at radius 2 is 2.08 bits per heavy atom. The molecular weight excluding hydrogens is 152 g/mol. The minimum atomic E-state index is -0.0486. The molecule has 0 radical (unpaired) electrons. The van der Waals surface area contributed by atoms with Crippen LogP contribution < -0.4 is 5.73 Å². The number of likely N-dealkylation sites (N-methyl/N-ethyl adjacent to an activating group) is 1. The van der Waals surface area contributed by atoms with Crippen LogP contribution in [0.2, 0.25) is 0 Å². The van der Waals surface area contributed by atoms with Gasteiger partial charge in [0.2, 0.25) is 5.78 Å². The number of carbonyl (C=O) groups excluding carboxylic acids is 1. The summed E-state index contributed by atoms with van der Waals surface area (Å²) in [7, 11) is 5.96. The van der Waals surface area contributed by atoms with Crippen molar-refractivity contribution in [2.45, 2.75) is 12.5 Å². The summed E-state index contributed by atoms with van der Waals surface area (Å²) in [6, 6.07) is -0.0486. The third-order valence-electron chi connectivity index (χ3n) is 1.90. The van der Waals surface area contributed by atoms with Crippen LogP contribution >= 0.6 is 0 Å². The molecular formula is C9H19N2O+. The molecule has 0 aliphatic heterocycles. The maximum Gasteiger partial charge on any atom is 0.212 e. The molecule has 0 spiro atoms. The Morgan fingerprint density at radius 1 is 1.58 bits per heavy atom. The first-order chi connectivity index (χ1) is 5.43. The number of rotatable bonds is 5. The van der Waals surface area contributed by atoms with Crippen molar-refractivity contribution in [1.82, 2.24) is 0 Å². The highest BCUT2D eigenvalue weighted by atomic mass is 16.1. The topological polar surface area (TPSA) is 43.1 Å². The van der Waals surface area contributed by atoms with Crippen molar-refractivity contribution < 1.29 is 9.28 Å². The maximum absolute atomic E-state index is 11.4. The highest BCUT2D eigenvalue weighted by Gasteiger charge is 2.28. The average molecular weight is 171 g/mol. The molecule has 0 bridgehead atoms. The molecule has 0 saturated heterocycles. The number of nitrogens with zero attached hydrogens (tertiary/aromatic N) is 1. The molecule has 2 N–H and O–H groups in total. The van der Waals surface area contributed by atoms with E-state index in [0.29, 0.717) is 17.4 Å². The molecule has 3 nitrogen and oxygen atoms in total. The molecule has 0 rings (SSSR count). The Kier molecular flexibility index (Phi) is 4.13. The van der Waals surface area contributed by atoms with Gasteiger partial charge in [0.25, 0.3) is 0 Å². The monoisotopic (exact) mass is 171 g/mol. The molecule has 0 fully saturated rings. The lowest BCUT2D eigenvalue weighted by Crippen LogP contribution is -2.50. The normalized spacial score (nSPS) is 14.0. The first-order valence-corrected chi connectivity index (χ1v) is 4.11. The van der Waals surface area contributed by atoms with E-state index in [1.54, 1.807) is 0 Å². The second-order valence-electron chi connectivity index (χ2n) is 3.82. The zero-order valence-electron chi connectivity index (χ0n) is 8.21. The number of hydrogen-bond donors (Lipinski definition) is 1. The molecule has 70 valence electrons. The summed E-state index contributed by atoms with van der Waals surface area (Å²) in [5.74, 6) is 0.0768. The Balaban J connectivity index is 4.43. The minimum absolute atomic E-state index is 0.0486. The van der Waals surface area contributed by atoms with Crippen LogP contribution in [0.3, 0.4) is 0 Å². The van der Waals surface area contributed by atoms with Gasteiger partial charge in [0.1, 0.15) is 0 Å². The van der Waals surface area contributed by atoms with Crippen LogP contribution in [0.15, 0.2) is 12.7 Å². The van der Waals surface area contributed by atoms with Crippen LogP contribution in [0.4, 0.5) is 0 Å². The Morgan fingerprint density at radius 3 is 2.33 bits per heavy atom. The zero-order valence-corrected chi connectivity index (χ0v) is 8.21. The molecule has 0 saturated carbocycles. The van der Waals surface area contributed by atoms with E-state index in [1.165, 1.54) is 6.08 Å². The van der Waals surface area contributed by atoms with Crippen molar-refractivity contribution in [2.24, 2.45) is 5.73 Å². The molecule has 1 atom stereocenters. The average Bonchev–Trinajstić information content (AvgIpc) is 1.96. The van der Waals surface area contributed by atoms with Gasteiger partial charge in [-0.15, -0.1) is 0 Å². The van der Waals surface area contributed by atoms with E-state index < -0.39 is 0 Å². The first-order valence-electron chi connectivity index (χ1n) is 4.11. The van der Waals surface area contributed by atoms with Gasteiger partial charge in [0, 0.05) is 6.42 Å². The van der Waals surface area contributed by atoms with Crippen LogP contribution in [-0.4, -0.2) is 44.0 Å². The van der Waals surface area contributed by atoms with E-state index in [4.69, 9.17) is 5.73 Å². The van der Waals surface area contributed by atoms with Crippen molar-refractivity contribution in [3.05, 3.63) is 12.7 Å². The molecule has 0 amide bonds. The van der Waals surface area contributed by atoms with E-state index in [2.05, 4.69) is 6.58 Å². The van der Waals surface area contributed by atoms with Gasteiger partial charge in [-0.2, -0.15) is 0 Å². The van der Waals surface area contributed by atoms with Crippen molar-refractivity contribution in [3.63, 3.8) is 0 Å². The summed E-state index contributed by atoms with van der Waals surface area (Å²) in [5.41, 5.74) is 5.42. The lowest BCUT2D eigenvalue weighted by molar-refractivity contribution is -0.886. The second-order valence-corrected chi connectivity index (χ2v) is 3.82. The SMILES string of the molecule is C=CC(=O)C(CCN)[N+](C)(C)C. The number of nitrogens with two attached hydrogens (primary N) is 1. The van der Waals surface area contributed by atoms with Crippen LogP contribution in [0.5, 0.6) is 0 Å². The fourth-order valence-corrected chi connectivity index (χ4v) is 1.21. The summed E-state index contributed by atoms with van der Waals surface area (Å²) in [6.45, 7) is 4.02. The molecule has 1 unspecified atom stereocenters. The van der Waals surface area contributed by atoms with Gasteiger partial charge < -0.3 is 10.2 Å². The zero-order chi connectivity index (χ0) is 9.78. The number of ketones is 1. The minimum Gasteiger partial charge on any atom is -0.330 e. The van der Waals surface area contributed by atoms with Crippen molar-refractivity contribution in [1.29, 1.82) is 0 Å².